The molecule has 0 saturated heterocycles. The van der Waals surface area contributed by atoms with Gasteiger partial charge in [-0.15, -0.1) is 0 Å². The third-order valence-electron chi connectivity index (χ3n) is 3.38. The Morgan fingerprint density at radius 2 is 2.05 bits per heavy atom. The Morgan fingerprint density at radius 3 is 2.58 bits per heavy atom. The van der Waals surface area contributed by atoms with Crippen molar-refractivity contribution in [1.29, 1.82) is 0 Å². The molecule has 1 heterocycles. The number of guanidine groups is 1. The fraction of sp³-hybridized carbons (Fsp3) is 0.714. The molecule has 0 unspecified atom stereocenters. The fourth-order valence-electron chi connectivity index (χ4n) is 1.88. The minimum absolute atomic E-state index is 0.648. The van der Waals surface area contributed by atoms with Crippen molar-refractivity contribution in [3.63, 3.8) is 0 Å². The van der Waals surface area contributed by atoms with E-state index in [9.17, 15) is 0 Å². The van der Waals surface area contributed by atoms with E-state index in [1.54, 1.807) is 6.20 Å². The number of aryl methyl sites for hydroxylation is 1. The summed E-state index contributed by atoms with van der Waals surface area (Å²) in [6.07, 6.45) is 4.20. The fourth-order valence-corrected chi connectivity index (χ4v) is 1.88. The Morgan fingerprint density at radius 1 is 1.32 bits per heavy atom. The molecule has 5 nitrogen and oxygen atoms in total. The van der Waals surface area contributed by atoms with Gasteiger partial charge in [0, 0.05) is 26.3 Å². The number of aromatic nitrogens is 2. The van der Waals surface area contributed by atoms with E-state index in [4.69, 9.17) is 0 Å². The first-order chi connectivity index (χ1) is 9.21. The minimum Gasteiger partial charge on any atom is -0.357 e. The maximum Gasteiger partial charge on any atom is 0.191 e. The Hall–Kier alpha value is -1.52. The second kappa shape index (κ2) is 8.56. The highest BCUT2D eigenvalue weighted by Gasteiger charge is 2.05. The van der Waals surface area contributed by atoms with Gasteiger partial charge in [0.15, 0.2) is 5.96 Å². The van der Waals surface area contributed by atoms with Crippen LogP contribution in [0.25, 0.3) is 0 Å². The summed E-state index contributed by atoms with van der Waals surface area (Å²) in [6.45, 7) is 9.04. The van der Waals surface area contributed by atoms with Gasteiger partial charge in [0.05, 0.1) is 12.2 Å². The highest BCUT2D eigenvalue weighted by molar-refractivity contribution is 5.79. The summed E-state index contributed by atoms with van der Waals surface area (Å²) in [5, 5.41) is 10.8. The zero-order valence-electron chi connectivity index (χ0n) is 12.6. The molecule has 19 heavy (non-hydrogen) atoms. The molecule has 0 aliphatic rings. The number of nitrogens with zero attached hydrogens (tertiary/aromatic N) is 3. The van der Waals surface area contributed by atoms with Gasteiger partial charge in [0.1, 0.15) is 0 Å². The van der Waals surface area contributed by atoms with Crippen LogP contribution in [0.5, 0.6) is 0 Å². The lowest BCUT2D eigenvalue weighted by Crippen LogP contribution is -2.39. The van der Waals surface area contributed by atoms with Gasteiger partial charge >= 0.3 is 0 Å². The van der Waals surface area contributed by atoms with Crippen LogP contribution in [-0.2, 0) is 13.6 Å². The molecular weight excluding hydrogens is 238 g/mol. The number of nitrogens with one attached hydrogen (secondary N) is 2. The average molecular weight is 265 g/mol. The average Bonchev–Trinajstić information content (AvgIpc) is 2.82. The molecule has 0 bridgehead atoms. The second-order valence-electron chi connectivity index (χ2n) is 4.70. The van der Waals surface area contributed by atoms with Crippen molar-refractivity contribution < 1.29 is 0 Å². The Labute approximate surface area is 116 Å². The van der Waals surface area contributed by atoms with Crippen LogP contribution in [0.3, 0.4) is 0 Å². The molecule has 0 aliphatic carbocycles. The van der Waals surface area contributed by atoms with E-state index in [1.807, 2.05) is 17.8 Å². The zero-order chi connectivity index (χ0) is 14.1. The van der Waals surface area contributed by atoms with Crippen LogP contribution in [0.1, 0.15) is 39.3 Å². The van der Waals surface area contributed by atoms with Crippen LogP contribution >= 0.6 is 0 Å². The Balaban J connectivity index is 2.53. The molecule has 0 atom stereocenters. The summed E-state index contributed by atoms with van der Waals surface area (Å²) in [4.78, 5) is 4.59. The summed E-state index contributed by atoms with van der Waals surface area (Å²) in [5.74, 6) is 1.59. The molecule has 0 fully saturated rings. The molecule has 0 aromatic carbocycles. The predicted molar refractivity (Wildman–Crippen MR) is 80.1 cm³/mol. The van der Waals surface area contributed by atoms with E-state index in [2.05, 4.69) is 41.5 Å². The van der Waals surface area contributed by atoms with E-state index in [-0.39, 0.29) is 0 Å². The number of hydrogen-bond acceptors (Lipinski definition) is 2. The van der Waals surface area contributed by atoms with Gasteiger partial charge in [0.25, 0.3) is 0 Å². The van der Waals surface area contributed by atoms with E-state index in [1.165, 1.54) is 12.8 Å². The molecule has 0 spiro atoms. The first-order valence-corrected chi connectivity index (χ1v) is 7.20. The van der Waals surface area contributed by atoms with E-state index in [0.29, 0.717) is 12.5 Å². The summed E-state index contributed by atoms with van der Waals surface area (Å²) in [6, 6.07) is 1.99. The van der Waals surface area contributed by atoms with Crippen molar-refractivity contribution in [2.24, 2.45) is 18.0 Å². The largest absolute Gasteiger partial charge is 0.357 e. The number of aliphatic imine (C=N–C) groups is 1. The lowest BCUT2D eigenvalue weighted by molar-refractivity contribution is 0.481. The standard InChI is InChI=1S/C14H27N5/c1-5-12(6-2)10-16-14(15-7-3)17-11-13-8-9-18-19(13)4/h8-9,12H,5-7,10-11H2,1-4H3,(H2,15,16,17). The highest BCUT2D eigenvalue weighted by atomic mass is 15.3. The maximum atomic E-state index is 4.59. The van der Waals surface area contributed by atoms with Crippen LogP contribution in [0.2, 0.25) is 0 Å². The molecule has 2 N–H and O–H groups in total. The Kier molecular flexibility index (Phi) is 7.00. The van der Waals surface area contributed by atoms with Crippen molar-refractivity contribution in [3.8, 4) is 0 Å². The lowest BCUT2D eigenvalue weighted by Gasteiger charge is -2.16. The molecule has 108 valence electrons. The van der Waals surface area contributed by atoms with Crippen LogP contribution in [0.15, 0.2) is 17.3 Å². The topological polar surface area (TPSA) is 54.2 Å². The van der Waals surface area contributed by atoms with Gasteiger partial charge in [-0.05, 0) is 18.9 Å². The molecule has 5 heteroatoms. The predicted octanol–water partition coefficient (Wildman–Crippen LogP) is 1.91. The first-order valence-electron chi connectivity index (χ1n) is 7.20. The number of rotatable bonds is 7. The van der Waals surface area contributed by atoms with E-state index in [0.717, 1.165) is 24.7 Å². The summed E-state index contributed by atoms with van der Waals surface area (Å²) >= 11 is 0. The van der Waals surface area contributed by atoms with Gasteiger partial charge in [-0.25, -0.2) is 4.99 Å². The minimum atomic E-state index is 0.648. The van der Waals surface area contributed by atoms with E-state index < -0.39 is 0 Å². The van der Waals surface area contributed by atoms with Crippen LogP contribution in [0.4, 0.5) is 0 Å². The normalized spacial score (nSPS) is 11.9. The van der Waals surface area contributed by atoms with Crippen molar-refractivity contribution >= 4 is 5.96 Å². The third kappa shape index (κ3) is 5.32. The molecule has 1 rings (SSSR count). The van der Waals surface area contributed by atoms with Crippen molar-refractivity contribution in [3.05, 3.63) is 18.0 Å². The molecule has 1 aromatic rings. The zero-order valence-corrected chi connectivity index (χ0v) is 12.6. The molecule has 0 amide bonds. The SMILES string of the molecule is CCNC(=NCc1ccnn1C)NCC(CC)CC. The molecule has 0 radical (unpaired) electrons. The van der Waals surface area contributed by atoms with Crippen LogP contribution in [0, 0.1) is 5.92 Å². The molecular formula is C14H27N5. The Bertz CT molecular complexity index is 379. The number of hydrogen-bond donors (Lipinski definition) is 2. The summed E-state index contributed by atoms with van der Waals surface area (Å²) < 4.78 is 1.86. The second-order valence-corrected chi connectivity index (χ2v) is 4.70. The van der Waals surface area contributed by atoms with Gasteiger partial charge in [-0.1, -0.05) is 26.7 Å². The third-order valence-corrected chi connectivity index (χ3v) is 3.38. The van der Waals surface area contributed by atoms with Crippen molar-refractivity contribution in [1.82, 2.24) is 20.4 Å². The molecule has 0 saturated carbocycles. The van der Waals surface area contributed by atoms with Crippen molar-refractivity contribution in [2.75, 3.05) is 13.1 Å². The van der Waals surface area contributed by atoms with Gasteiger partial charge < -0.3 is 10.6 Å². The van der Waals surface area contributed by atoms with E-state index >= 15 is 0 Å². The lowest BCUT2D eigenvalue weighted by atomic mass is 10.0. The molecule has 0 aliphatic heterocycles. The summed E-state index contributed by atoms with van der Waals surface area (Å²) in [5.41, 5.74) is 1.11. The smallest absolute Gasteiger partial charge is 0.191 e. The van der Waals surface area contributed by atoms with Gasteiger partial charge in [-0.2, -0.15) is 5.10 Å². The quantitative estimate of drug-likeness (QED) is 0.585. The summed E-state index contributed by atoms with van der Waals surface area (Å²) in [7, 11) is 1.94. The van der Waals surface area contributed by atoms with Gasteiger partial charge in [-0.3, -0.25) is 4.68 Å². The highest BCUT2D eigenvalue weighted by Crippen LogP contribution is 2.05. The van der Waals surface area contributed by atoms with Crippen LogP contribution in [-0.4, -0.2) is 28.8 Å². The van der Waals surface area contributed by atoms with Gasteiger partial charge in [0.2, 0.25) is 0 Å². The first kappa shape index (κ1) is 15.5. The monoisotopic (exact) mass is 265 g/mol. The molecule has 1 aromatic heterocycles. The van der Waals surface area contributed by atoms with Crippen LogP contribution < -0.4 is 10.6 Å². The van der Waals surface area contributed by atoms with Crippen molar-refractivity contribution in [2.45, 2.75) is 40.2 Å². The maximum absolute atomic E-state index is 4.59.